The molecule has 0 atom stereocenters. The van der Waals surface area contributed by atoms with E-state index in [0.29, 0.717) is 28.5 Å². The predicted octanol–water partition coefficient (Wildman–Crippen LogP) is 3.93. The average molecular weight is 382 g/mol. The molecule has 0 aliphatic carbocycles. The standard InChI is InChI=1S/C20H18N2O4S/c1-3-26-19(24)13-8-10-15(11-9-13)22-18(23)17(27-20(22)21)12-14-6-4-5-7-16(14)25-2/h4-12,21H,3H2,1-2H3/b17-12-,21-20?. The Labute approximate surface area is 161 Å². The van der Waals surface area contributed by atoms with Crippen molar-refractivity contribution in [2.75, 3.05) is 18.6 Å². The van der Waals surface area contributed by atoms with Gasteiger partial charge in [-0.1, -0.05) is 18.2 Å². The third-order valence-electron chi connectivity index (χ3n) is 3.89. The minimum absolute atomic E-state index is 0.102. The zero-order chi connectivity index (χ0) is 19.4. The van der Waals surface area contributed by atoms with Crippen LogP contribution >= 0.6 is 11.8 Å². The summed E-state index contributed by atoms with van der Waals surface area (Å²) in [4.78, 5) is 26.3. The fourth-order valence-electron chi connectivity index (χ4n) is 2.61. The van der Waals surface area contributed by atoms with E-state index in [1.165, 1.54) is 4.90 Å². The Morgan fingerprint density at radius 1 is 1.19 bits per heavy atom. The van der Waals surface area contributed by atoms with Crippen molar-refractivity contribution in [3.63, 3.8) is 0 Å². The number of thioether (sulfide) groups is 1. The Hall–Kier alpha value is -3.06. The number of nitrogens with zero attached hydrogens (tertiary/aromatic N) is 1. The molecule has 1 aliphatic rings. The van der Waals surface area contributed by atoms with Gasteiger partial charge in [0.2, 0.25) is 0 Å². The number of rotatable bonds is 5. The maximum atomic E-state index is 12.8. The van der Waals surface area contributed by atoms with E-state index >= 15 is 0 Å². The van der Waals surface area contributed by atoms with Crippen LogP contribution in [0.3, 0.4) is 0 Å². The van der Waals surface area contributed by atoms with Crippen molar-refractivity contribution >= 4 is 40.6 Å². The zero-order valence-electron chi connectivity index (χ0n) is 14.9. The number of amidine groups is 1. The van der Waals surface area contributed by atoms with E-state index in [2.05, 4.69) is 0 Å². The molecule has 1 N–H and O–H groups in total. The topological polar surface area (TPSA) is 79.7 Å². The summed E-state index contributed by atoms with van der Waals surface area (Å²) in [5.74, 6) is -0.0556. The second-order valence-electron chi connectivity index (χ2n) is 5.57. The summed E-state index contributed by atoms with van der Waals surface area (Å²) in [6.07, 6.45) is 1.72. The third kappa shape index (κ3) is 3.88. The number of methoxy groups -OCH3 is 1. The van der Waals surface area contributed by atoms with Crippen LogP contribution in [0.4, 0.5) is 5.69 Å². The van der Waals surface area contributed by atoms with Crippen LogP contribution in [0.1, 0.15) is 22.8 Å². The molecule has 1 saturated heterocycles. The van der Waals surface area contributed by atoms with Crippen LogP contribution in [-0.4, -0.2) is 30.8 Å². The van der Waals surface area contributed by atoms with E-state index < -0.39 is 5.97 Å². The molecule has 0 spiro atoms. The normalized spacial score (nSPS) is 15.3. The van der Waals surface area contributed by atoms with E-state index in [-0.39, 0.29) is 11.1 Å². The molecule has 6 nitrogen and oxygen atoms in total. The number of anilines is 1. The third-order valence-corrected chi connectivity index (χ3v) is 4.77. The lowest BCUT2D eigenvalue weighted by Gasteiger charge is -2.14. The summed E-state index contributed by atoms with van der Waals surface area (Å²) in [7, 11) is 1.57. The van der Waals surface area contributed by atoms with Gasteiger partial charge >= 0.3 is 5.97 Å². The highest BCUT2D eigenvalue weighted by molar-refractivity contribution is 8.19. The highest BCUT2D eigenvalue weighted by atomic mass is 32.2. The van der Waals surface area contributed by atoms with Gasteiger partial charge in [0, 0.05) is 5.56 Å². The fraction of sp³-hybridized carbons (Fsp3) is 0.150. The number of nitrogens with one attached hydrogen (secondary N) is 1. The minimum atomic E-state index is -0.419. The lowest BCUT2D eigenvalue weighted by molar-refractivity contribution is -0.113. The molecule has 0 saturated carbocycles. The molecular weight excluding hydrogens is 364 g/mol. The van der Waals surface area contributed by atoms with Crippen LogP contribution in [0.2, 0.25) is 0 Å². The van der Waals surface area contributed by atoms with Gasteiger partial charge in [-0.05, 0) is 55.1 Å². The summed E-state index contributed by atoms with van der Waals surface area (Å²) in [5.41, 5.74) is 1.69. The molecule has 2 aromatic carbocycles. The first-order valence-electron chi connectivity index (χ1n) is 8.28. The van der Waals surface area contributed by atoms with Crippen molar-refractivity contribution in [3.05, 3.63) is 64.6 Å². The van der Waals surface area contributed by atoms with E-state index in [1.807, 2.05) is 24.3 Å². The molecule has 2 aromatic rings. The molecule has 7 heteroatoms. The molecule has 3 rings (SSSR count). The second-order valence-corrected chi connectivity index (χ2v) is 6.60. The molecule has 0 bridgehead atoms. The van der Waals surface area contributed by atoms with Gasteiger partial charge in [-0.25, -0.2) is 4.79 Å². The second kappa shape index (κ2) is 8.09. The van der Waals surface area contributed by atoms with E-state index in [0.717, 1.165) is 17.3 Å². The predicted molar refractivity (Wildman–Crippen MR) is 106 cm³/mol. The Kier molecular flexibility index (Phi) is 5.61. The van der Waals surface area contributed by atoms with Crippen LogP contribution in [0.25, 0.3) is 6.08 Å². The number of ether oxygens (including phenoxy) is 2. The largest absolute Gasteiger partial charge is 0.496 e. The molecule has 138 valence electrons. The highest BCUT2D eigenvalue weighted by Crippen LogP contribution is 2.36. The number of esters is 1. The number of para-hydroxylation sites is 1. The summed E-state index contributed by atoms with van der Waals surface area (Å²) in [5, 5.41) is 8.28. The first-order chi connectivity index (χ1) is 13.0. The van der Waals surface area contributed by atoms with Crippen molar-refractivity contribution in [2.45, 2.75) is 6.92 Å². The summed E-state index contributed by atoms with van der Waals surface area (Å²) >= 11 is 1.08. The number of hydrogen-bond acceptors (Lipinski definition) is 6. The summed E-state index contributed by atoms with van der Waals surface area (Å²) in [6, 6.07) is 13.8. The van der Waals surface area contributed by atoms with Crippen LogP contribution in [0.15, 0.2) is 53.4 Å². The van der Waals surface area contributed by atoms with E-state index in [4.69, 9.17) is 14.9 Å². The maximum absolute atomic E-state index is 12.8. The van der Waals surface area contributed by atoms with Gasteiger partial charge in [0.1, 0.15) is 5.75 Å². The number of amides is 1. The van der Waals surface area contributed by atoms with Crippen LogP contribution < -0.4 is 9.64 Å². The number of benzene rings is 2. The molecule has 0 unspecified atom stereocenters. The molecule has 0 radical (unpaired) electrons. The molecule has 1 heterocycles. The first-order valence-corrected chi connectivity index (χ1v) is 9.09. The van der Waals surface area contributed by atoms with Gasteiger partial charge < -0.3 is 9.47 Å². The maximum Gasteiger partial charge on any atom is 0.338 e. The van der Waals surface area contributed by atoms with Gasteiger partial charge in [-0.2, -0.15) is 0 Å². The Balaban J connectivity index is 1.86. The Morgan fingerprint density at radius 2 is 1.89 bits per heavy atom. The SMILES string of the molecule is CCOC(=O)c1ccc(N2C(=N)S/C(=C\c3ccccc3OC)C2=O)cc1. The monoisotopic (exact) mass is 382 g/mol. The lowest BCUT2D eigenvalue weighted by Crippen LogP contribution is -2.28. The molecule has 1 aliphatic heterocycles. The zero-order valence-corrected chi connectivity index (χ0v) is 15.7. The van der Waals surface area contributed by atoms with Gasteiger partial charge in [0.05, 0.1) is 29.9 Å². The van der Waals surface area contributed by atoms with Crippen molar-refractivity contribution in [1.29, 1.82) is 5.41 Å². The quantitative estimate of drug-likeness (QED) is 0.626. The molecule has 0 aromatic heterocycles. The minimum Gasteiger partial charge on any atom is -0.496 e. The number of carbonyl (C=O) groups excluding carboxylic acids is 2. The summed E-state index contributed by atoms with van der Waals surface area (Å²) < 4.78 is 10.3. The van der Waals surface area contributed by atoms with Crippen molar-refractivity contribution in [3.8, 4) is 5.75 Å². The summed E-state index contributed by atoms with van der Waals surface area (Å²) in [6.45, 7) is 2.03. The molecule has 1 amide bonds. The van der Waals surface area contributed by atoms with Gasteiger partial charge in [0.15, 0.2) is 5.17 Å². The number of carbonyl (C=O) groups is 2. The van der Waals surface area contributed by atoms with Crippen molar-refractivity contribution in [2.24, 2.45) is 0 Å². The molecular formula is C20H18N2O4S. The first kappa shape index (κ1) is 18.7. The lowest BCUT2D eigenvalue weighted by atomic mass is 10.1. The molecule has 1 fully saturated rings. The van der Waals surface area contributed by atoms with Crippen molar-refractivity contribution < 1.29 is 19.1 Å². The van der Waals surface area contributed by atoms with Gasteiger partial charge in [0.25, 0.3) is 5.91 Å². The van der Waals surface area contributed by atoms with Crippen LogP contribution in [0, 0.1) is 5.41 Å². The Morgan fingerprint density at radius 3 is 2.56 bits per heavy atom. The fourth-order valence-corrected chi connectivity index (χ4v) is 3.46. The van der Waals surface area contributed by atoms with Crippen molar-refractivity contribution in [1.82, 2.24) is 0 Å². The van der Waals surface area contributed by atoms with Gasteiger partial charge in [-0.15, -0.1) is 0 Å². The van der Waals surface area contributed by atoms with E-state index in [9.17, 15) is 9.59 Å². The average Bonchev–Trinajstić information content (AvgIpc) is 2.96. The van der Waals surface area contributed by atoms with Crippen LogP contribution in [0.5, 0.6) is 5.75 Å². The van der Waals surface area contributed by atoms with E-state index in [1.54, 1.807) is 44.4 Å². The number of hydrogen-bond donors (Lipinski definition) is 1. The highest BCUT2D eigenvalue weighted by Gasteiger charge is 2.33. The Bertz CT molecular complexity index is 922. The van der Waals surface area contributed by atoms with Crippen LogP contribution in [-0.2, 0) is 9.53 Å². The smallest absolute Gasteiger partial charge is 0.338 e. The molecule has 27 heavy (non-hydrogen) atoms. The van der Waals surface area contributed by atoms with Gasteiger partial charge in [-0.3, -0.25) is 15.1 Å².